The number of hydrogen-bond acceptors (Lipinski definition) is 2. The molecule has 0 saturated heterocycles. The van der Waals surface area contributed by atoms with Gasteiger partial charge in [0.05, 0.1) is 10.0 Å². The second kappa shape index (κ2) is 8.53. The van der Waals surface area contributed by atoms with E-state index in [2.05, 4.69) is 10.6 Å². The van der Waals surface area contributed by atoms with E-state index in [1.807, 2.05) is 13.0 Å². The average molecular weight is 307 g/mol. The van der Waals surface area contributed by atoms with Crippen molar-refractivity contribution in [2.75, 3.05) is 25.1 Å². The molecule has 1 rings (SSSR count). The van der Waals surface area contributed by atoms with E-state index in [9.17, 15) is 0 Å². The van der Waals surface area contributed by atoms with Crippen molar-refractivity contribution in [2.45, 2.75) is 13.3 Å². The van der Waals surface area contributed by atoms with Gasteiger partial charge in [0.2, 0.25) is 0 Å². The lowest BCUT2D eigenvalue weighted by molar-refractivity contribution is 0.146. The normalized spacial score (nSPS) is 10.2. The summed E-state index contributed by atoms with van der Waals surface area (Å²) in [5.41, 5.74) is 0.812. The fourth-order valence-electron chi connectivity index (χ4n) is 1.27. The van der Waals surface area contributed by atoms with E-state index in [0.29, 0.717) is 15.2 Å². The SMILES string of the molecule is CCOCCCNC(=S)Nc1ccc(Cl)c(Cl)c1. The Hall–Kier alpha value is -0.550. The van der Waals surface area contributed by atoms with Gasteiger partial charge in [0.25, 0.3) is 0 Å². The fraction of sp³-hybridized carbons (Fsp3) is 0.417. The summed E-state index contributed by atoms with van der Waals surface area (Å²) >= 11 is 16.9. The van der Waals surface area contributed by atoms with E-state index in [-0.39, 0.29) is 0 Å². The number of rotatable bonds is 6. The maximum Gasteiger partial charge on any atom is 0.170 e. The topological polar surface area (TPSA) is 33.3 Å². The molecular formula is C12H16Cl2N2OS. The molecule has 6 heteroatoms. The molecule has 1 aromatic carbocycles. The molecule has 0 aliphatic rings. The molecule has 0 heterocycles. The van der Waals surface area contributed by atoms with Gasteiger partial charge in [0.15, 0.2) is 5.11 Å². The van der Waals surface area contributed by atoms with Crippen LogP contribution in [0, 0.1) is 0 Å². The lowest BCUT2D eigenvalue weighted by Gasteiger charge is -2.11. The minimum Gasteiger partial charge on any atom is -0.382 e. The van der Waals surface area contributed by atoms with Gasteiger partial charge >= 0.3 is 0 Å². The summed E-state index contributed by atoms with van der Waals surface area (Å²) in [6, 6.07) is 5.28. The van der Waals surface area contributed by atoms with Gasteiger partial charge in [-0.3, -0.25) is 0 Å². The number of ether oxygens (including phenoxy) is 1. The number of benzene rings is 1. The molecule has 0 unspecified atom stereocenters. The summed E-state index contributed by atoms with van der Waals surface area (Å²) in [6.45, 7) is 4.22. The van der Waals surface area contributed by atoms with E-state index in [4.69, 9.17) is 40.2 Å². The van der Waals surface area contributed by atoms with Gasteiger partial charge in [-0.05, 0) is 43.8 Å². The number of halogens is 2. The van der Waals surface area contributed by atoms with Crippen LogP contribution in [0.2, 0.25) is 10.0 Å². The first-order valence-corrected chi connectivity index (χ1v) is 6.87. The minimum atomic E-state index is 0.501. The van der Waals surface area contributed by atoms with Crippen LogP contribution in [0.5, 0.6) is 0 Å². The quantitative estimate of drug-likeness (QED) is 0.620. The molecule has 0 radical (unpaired) electrons. The summed E-state index contributed by atoms with van der Waals surface area (Å²) in [4.78, 5) is 0. The molecule has 0 fully saturated rings. The largest absolute Gasteiger partial charge is 0.382 e. The first-order valence-electron chi connectivity index (χ1n) is 5.71. The number of nitrogens with one attached hydrogen (secondary N) is 2. The van der Waals surface area contributed by atoms with Gasteiger partial charge < -0.3 is 15.4 Å². The second-order valence-electron chi connectivity index (χ2n) is 3.56. The number of hydrogen-bond donors (Lipinski definition) is 2. The molecule has 1 aromatic rings. The van der Waals surface area contributed by atoms with Crippen molar-refractivity contribution >= 4 is 46.2 Å². The number of thiocarbonyl (C=S) groups is 1. The van der Waals surface area contributed by atoms with Crippen molar-refractivity contribution in [3.63, 3.8) is 0 Å². The molecule has 0 atom stereocenters. The molecule has 0 aliphatic carbocycles. The maximum absolute atomic E-state index is 5.91. The molecule has 0 bridgehead atoms. The highest BCUT2D eigenvalue weighted by Gasteiger charge is 2.01. The summed E-state index contributed by atoms with van der Waals surface area (Å²) in [5.74, 6) is 0. The Bertz CT molecular complexity index is 402. The minimum absolute atomic E-state index is 0.501. The zero-order valence-electron chi connectivity index (χ0n) is 10.1. The first kappa shape index (κ1) is 15.5. The van der Waals surface area contributed by atoms with Crippen molar-refractivity contribution in [3.05, 3.63) is 28.2 Å². The Morgan fingerprint density at radius 3 is 2.78 bits per heavy atom. The van der Waals surface area contributed by atoms with E-state index >= 15 is 0 Å². The molecule has 0 amide bonds. The smallest absolute Gasteiger partial charge is 0.170 e. The lowest BCUT2D eigenvalue weighted by Crippen LogP contribution is -2.29. The molecule has 0 aromatic heterocycles. The molecule has 18 heavy (non-hydrogen) atoms. The Morgan fingerprint density at radius 2 is 2.11 bits per heavy atom. The second-order valence-corrected chi connectivity index (χ2v) is 4.78. The highest BCUT2D eigenvalue weighted by Crippen LogP contribution is 2.24. The summed E-state index contributed by atoms with van der Waals surface area (Å²) in [6.07, 6.45) is 0.914. The standard InChI is InChI=1S/C12H16Cl2N2OS/c1-2-17-7-3-6-15-12(18)16-9-4-5-10(13)11(14)8-9/h4-5,8H,2-3,6-7H2,1H3,(H2,15,16,18). The third-order valence-corrected chi connectivity index (χ3v) is 3.12. The van der Waals surface area contributed by atoms with Crippen LogP contribution in [0.15, 0.2) is 18.2 Å². The zero-order chi connectivity index (χ0) is 13.4. The van der Waals surface area contributed by atoms with E-state index in [0.717, 1.165) is 31.9 Å². The van der Waals surface area contributed by atoms with Crippen LogP contribution < -0.4 is 10.6 Å². The summed E-state index contributed by atoms with van der Waals surface area (Å²) < 4.78 is 5.23. The molecule has 3 nitrogen and oxygen atoms in total. The van der Waals surface area contributed by atoms with Crippen LogP contribution in [0.3, 0.4) is 0 Å². The van der Waals surface area contributed by atoms with E-state index in [1.54, 1.807) is 12.1 Å². The zero-order valence-corrected chi connectivity index (χ0v) is 12.5. The summed E-state index contributed by atoms with van der Waals surface area (Å²) in [7, 11) is 0. The van der Waals surface area contributed by atoms with Crippen LogP contribution in [-0.2, 0) is 4.74 Å². The highest BCUT2D eigenvalue weighted by molar-refractivity contribution is 7.80. The Kier molecular flexibility index (Phi) is 7.35. The van der Waals surface area contributed by atoms with Crippen molar-refractivity contribution in [2.24, 2.45) is 0 Å². The van der Waals surface area contributed by atoms with Crippen molar-refractivity contribution in [3.8, 4) is 0 Å². The molecule has 0 aliphatic heterocycles. The molecule has 0 spiro atoms. The van der Waals surface area contributed by atoms with Gasteiger partial charge in [-0.15, -0.1) is 0 Å². The van der Waals surface area contributed by atoms with Crippen LogP contribution in [0.1, 0.15) is 13.3 Å². The molecule has 100 valence electrons. The predicted octanol–water partition coefficient (Wildman–Crippen LogP) is 3.71. The highest BCUT2D eigenvalue weighted by atomic mass is 35.5. The van der Waals surface area contributed by atoms with Crippen LogP contribution in [0.25, 0.3) is 0 Å². The van der Waals surface area contributed by atoms with Crippen molar-refractivity contribution in [1.29, 1.82) is 0 Å². The Balaban J connectivity index is 2.29. The van der Waals surface area contributed by atoms with Gasteiger partial charge in [0, 0.05) is 25.4 Å². The molecular weight excluding hydrogens is 291 g/mol. The van der Waals surface area contributed by atoms with Gasteiger partial charge in [0.1, 0.15) is 0 Å². The average Bonchev–Trinajstić information content (AvgIpc) is 2.34. The monoisotopic (exact) mass is 306 g/mol. The van der Waals surface area contributed by atoms with Crippen LogP contribution in [0.4, 0.5) is 5.69 Å². The van der Waals surface area contributed by atoms with Crippen LogP contribution in [-0.4, -0.2) is 24.9 Å². The lowest BCUT2D eigenvalue weighted by atomic mass is 10.3. The van der Waals surface area contributed by atoms with E-state index in [1.165, 1.54) is 0 Å². The third-order valence-electron chi connectivity index (χ3n) is 2.13. The van der Waals surface area contributed by atoms with Gasteiger partial charge in [-0.1, -0.05) is 23.2 Å². The van der Waals surface area contributed by atoms with E-state index < -0.39 is 0 Å². The molecule has 0 saturated carbocycles. The maximum atomic E-state index is 5.91. The van der Waals surface area contributed by atoms with Gasteiger partial charge in [-0.2, -0.15) is 0 Å². The Morgan fingerprint density at radius 1 is 1.33 bits per heavy atom. The van der Waals surface area contributed by atoms with Crippen molar-refractivity contribution < 1.29 is 4.74 Å². The summed E-state index contributed by atoms with van der Waals surface area (Å²) in [5, 5.41) is 7.71. The predicted molar refractivity (Wildman–Crippen MR) is 81.8 cm³/mol. The van der Waals surface area contributed by atoms with Crippen molar-refractivity contribution in [1.82, 2.24) is 5.32 Å². The first-order chi connectivity index (χ1) is 8.63. The van der Waals surface area contributed by atoms with Gasteiger partial charge in [-0.25, -0.2) is 0 Å². The fourth-order valence-corrected chi connectivity index (χ4v) is 1.79. The number of anilines is 1. The Labute approximate surface area is 123 Å². The van der Waals surface area contributed by atoms with Crippen LogP contribution >= 0.6 is 35.4 Å². The molecule has 2 N–H and O–H groups in total. The third kappa shape index (κ3) is 5.87.